The molecule has 0 aliphatic carbocycles. The van der Waals surface area contributed by atoms with Gasteiger partial charge in [0.2, 0.25) is 5.43 Å². The van der Waals surface area contributed by atoms with Crippen LogP contribution in [-0.2, 0) is 6.18 Å². The van der Waals surface area contributed by atoms with Crippen molar-refractivity contribution >= 4 is 10.9 Å². The number of fused-ring (bicyclic) bond motifs is 1. The fraction of sp³-hybridized carbons (Fsp3) is 0.0909. The van der Waals surface area contributed by atoms with Crippen LogP contribution in [0.25, 0.3) is 10.9 Å². The monoisotopic (exact) mass is 256 g/mol. The van der Waals surface area contributed by atoms with Crippen molar-refractivity contribution < 1.29 is 17.6 Å². The Labute approximate surface area is 97.3 Å². The summed E-state index contributed by atoms with van der Waals surface area (Å²) in [6, 6.07) is 3.92. The minimum atomic E-state index is -4.85. The maximum absolute atomic E-state index is 12.9. The van der Waals surface area contributed by atoms with Crippen LogP contribution < -0.4 is 5.43 Å². The Morgan fingerprint density at radius 2 is 1.94 bits per heavy atom. The summed E-state index contributed by atoms with van der Waals surface area (Å²) >= 11 is 0. The first-order valence-electron chi connectivity index (χ1n) is 4.67. The highest BCUT2D eigenvalue weighted by atomic mass is 19.4. The first-order chi connectivity index (χ1) is 8.34. The lowest BCUT2D eigenvalue weighted by Crippen LogP contribution is -2.19. The van der Waals surface area contributed by atoms with Crippen molar-refractivity contribution in [1.29, 1.82) is 5.26 Å². The fourth-order valence-electron chi connectivity index (χ4n) is 1.58. The van der Waals surface area contributed by atoms with Crippen LogP contribution in [0.15, 0.2) is 23.0 Å². The van der Waals surface area contributed by atoms with E-state index in [1.54, 1.807) is 0 Å². The Bertz CT molecular complexity index is 725. The number of rotatable bonds is 0. The van der Waals surface area contributed by atoms with Gasteiger partial charge < -0.3 is 4.98 Å². The summed E-state index contributed by atoms with van der Waals surface area (Å²) in [6.45, 7) is 0. The van der Waals surface area contributed by atoms with Gasteiger partial charge >= 0.3 is 6.18 Å². The largest absolute Gasteiger partial charge is 0.432 e. The third-order valence-corrected chi connectivity index (χ3v) is 2.36. The predicted octanol–water partition coefficient (Wildman–Crippen LogP) is 2.56. The first kappa shape index (κ1) is 12.1. The number of nitrogens with one attached hydrogen (secondary N) is 1. The summed E-state index contributed by atoms with van der Waals surface area (Å²) in [6.07, 6.45) is -4.85. The average Bonchev–Trinajstić information content (AvgIpc) is 2.28. The molecule has 0 fully saturated rings. The second-order valence-electron chi connectivity index (χ2n) is 3.50. The molecule has 2 aromatic rings. The smallest absolute Gasteiger partial charge is 0.350 e. The van der Waals surface area contributed by atoms with E-state index in [0.29, 0.717) is 0 Å². The van der Waals surface area contributed by atoms with E-state index in [9.17, 15) is 22.4 Å². The average molecular weight is 256 g/mol. The molecular formula is C11H4F4N2O. The van der Waals surface area contributed by atoms with Gasteiger partial charge in [-0.05, 0) is 18.2 Å². The molecule has 0 radical (unpaired) electrons. The van der Waals surface area contributed by atoms with Crippen molar-refractivity contribution in [3.63, 3.8) is 0 Å². The standard InChI is InChI=1S/C11H4F4N2O/c12-5-1-2-8-6(3-5)9(18)7(4-16)10(17-8)11(13,14)15/h1-3H,(H,17,18). The molecule has 92 valence electrons. The van der Waals surface area contributed by atoms with Crippen molar-refractivity contribution in [2.75, 3.05) is 0 Å². The summed E-state index contributed by atoms with van der Waals surface area (Å²) < 4.78 is 50.8. The summed E-state index contributed by atoms with van der Waals surface area (Å²) in [5.74, 6) is -0.767. The molecule has 2 rings (SSSR count). The maximum Gasteiger partial charge on any atom is 0.432 e. The van der Waals surface area contributed by atoms with E-state index in [4.69, 9.17) is 5.26 Å². The van der Waals surface area contributed by atoms with E-state index in [-0.39, 0.29) is 10.9 Å². The van der Waals surface area contributed by atoms with Crippen molar-refractivity contribution in [3.8, 4) is 6.07 Å². The number of hydrogen-bond acceptors (Lipinski definition) is 2. The van der Waals surface area contributed by atoms with Gasteiger partial charge in [0.1, 0.15) is 23.1 Å². The van der Waals surface area contributed by atoms with Crippen molar-refractivity contribution in [3.05, 3.63) is 45.5 Å². The Morgan fingerprint density at radius 3 is 2.50 bits per heavy atom. The van der Waals surface area contributed by atoms with Crippen LogP contribution in [0.2, 0.25) is 0 Å². The van der Waals surface area contributed by atoms with Gasteiger partial charge in [0.05, 0.1) is 0 Å². The molecule has 7 heteroatoms. The van der Waals surface area contributed by atoms with Crippen molar-refractivity contribution in [1.82, 2.24) is 4.98 Å². The van der Waals surface area contributed by atoms with Crippen molar-refractivity contribution in [2.24, 2.45) is 0 Å². The minimum Gasteiger partial charge on any atom is -0.350 e. The van der Waals surface area contributed by atoms with Gasteiger partial charge in [0.15, 0.2) is 0 Å². The minimum absolute atomic E-state index is 0.173. The second kappa shape index (κ2) is 3.84. The van der Waals surface area contributed by atoms with E-state index in [2.05, 4.69) is 0 Å². The van der Waals surface area contributed by atoms with Crippen LogP contribution in [0.4, 0.5) is 17.6 Å². The van der Waals surface area contributed by atoms with Crippen molar-refractivity contribution in [2.45, 2.75) is 6.18 Å². The molecular weight excluding hydrogens is 252 g/mol. The van der Waals surface area contributed by atoms with E-state index >= 15 is 0 Å². The van der Waals surface area contributed by atoms with Gasteiger partial charge in [-0.2, -0.15) is 18.4 Å². The van der Waals surface area contributed by atoms with E-state index in [1.165, 1.54) is 6.07 Å². The van der Waals surface area contributed by atoms with Crippen LogP contribution in [0, 0.1) is 17.1 Å². The van der Waals surface area contributed by atoms with Gasteiger partial charge in [-0.3, -0.25) is 4.79 Å². The molecule has 0 atom stereocenters. The molecule has 0 amide bonds. The highest BCUT2D eigenvalue weighted by Gasteiger charge is 2.36. The zero-order valence-corrected chi connectivity index (χ0v) is 8.60. The second-order valence-corrected chi connectivity index (χ2v) is 3.50. The number of H-pyrrole nitrogens is 1. The Kier molecular flexibility index (Phi) is 2.58. The van der Waals surface area contributed by atoms with Gasteiger partial charge in [-0.15, -0.1) is 0 Å². The highest BCUT2D eigenvalue weighted by Crippen LogP contribution is 2.30. The quantitative estimate of drug-likeness (QED) is 0.736. The lowest BCUT2D eigenvalue weighted by molar-refractivity contribution is -0.141. The van der Waals surface area contributed by atoms with E-state index in [1.807, 2.05) is 4.98 Å². The molecule has 0 unspecified atom stereocenters. The molecule has 0 saturated heterocycles. The number of nitrogens with zero attached hydrogens (tertiary/aromatic N) is 1. The maximum atomic E-state index is 12.9. The number of aromatic amines is 1. The first-order valence-corrected chi connectivity index (χ1v) is 4.67. The van der Waals surface area contributed by atoms with Gasteiger partial charge in [0.25, 0.3) is 0 Å². The Morgan fingerprint density at radius 1 is 1.28 bits per heavy atom. The third kappa shape index (κ3) is 1.82. The fourth-order valence-corrected chi connectivity index (χ4v) is 1.58. The lowest BCUT2D eigenvalue weighted by Gasteiger charge is -2.09. The van der Waals surface area contributed by atoms with E-state index < -0.39 is 28.7 Å². The number of alkyl halides is 3. The van der Waals surface area contributed by atoms with Crippen LogP contribution in [0.1, 0.15) is 11.3 Å². The highest BCUT2D eigenvalue weighted by molar-refractivity contribution is 5.80. The number of aromatic nitrogens is 1. The molecule has 1 N–H and O–H groups in total. The zero-order chi connectivity index (χ0) is 13.5. The van der Waals surface area contributed by atoms with Gasteiger partial charge in [-0.25, -0.2) is 4.39 Å². The molecule has 3 nitrogen and oxygen atoms in total. The molecule has 0 saturated carbocycles. The van der Waals surface area contributed by atoms with Crippen LogP contribution in [0.5, 0.6) is 0 Å². The number of hydrogen-bond donors (Lipinski definition) is 1. The van der Waals surface area contributed by atoms with Gasteiger partial charge in [-0.1, -0.05) is 0 Å². The number of nitriles is 1. The summed E-state index contributed by atoms with van der Waals surface area (Å²) in [4.78, 5) is 13.6. The molecule has 1 aromatic carbocycles. The summed E-state index contributed by atoms with van der Waals surface area (Å²) in [5.41, 5.74) is -3.81. The predicted molar refractivity (Wildman–Crippen MR) is 54.2 cm³/mol. The molecule has 0 aliphatic heterocycles. The van der Waals surface area contributed by atoms with E-state index in [0.717, 1.165) is 18.2 Å². The number of benzene rings is 1. The van der Waals surface area contributed by atoms with Crippen LogP contribution in [0.3, 0.4) is 0 Å². The van der Waals surface area contributed by atoms with Gasteiger partial charge in [0, 0.05) is 10.9 Å². The molecule has 1 heterocycles. The van der Waals surface area contributed by atoms with Crippen LogP contribution in [-0.4, -0.2) is 4.98 Å². The normalized spacial score (nSPS) is 11.5. The molecule has 0 spiro atoms. The zero-order valence-electron chi connectivity index (χ0n) is 8.60. The summed E-state index contributed by atoms with van der Waals surface area (Å²) in [5, 5.41) is 8.34. The molecule has 18 heavy (non-hydrogen) atoms. The third-order valence-electron chi connectivity index (χ3n) is 2.36. The topological polar surface area (TPSA) is 56.6 Å². The molecule has 0 aliphatic rings. The SMILES string of the molecule is N#Cc1c(C(F)(F)F)[nH]c2ccc(F)cc2c1=O. The Balaban J connectivity index is 2.97. The molecule has 0 bridgehead atoms. The Hall–Kier alpha value is -2.36. The van der Waals surface area contributed by atoms with Crippen LogP contribution >= 0.6 is 0 Å². The number of pyridine rings is 1. The number of halogens is 4. The molecule has 1 aromatic heterocycles. The lowest BCUT2D eigenvalue weighted by atomic mass is 10.1. The summed E-state index contributed by atoms with van der Waals surface area (Å²) in [7, 11) is 0.